The molecule has 0 saturated carbocycles. The lowest BCUT2D eigenvalue weighted by Gasteiger charge is -2.41. The lowest BCUT2D eigenvalue weighted by molar-refractivity contribution is -0.144. The Morgan fingerprint density at radius 2 is 1.70 bits per heavy atom. The third kappa shape index (κ3) is 4.01. The molecule has 4 rings (SSSR count). The second kappa shape index (κ2) is 8.40. The summed E-state index contributed by atoms with van der Waals surface area (Å²) in [7, 11) is 0. The predicted octanol–water partition coefficient (Wildman–Crippen LogP) is 2.29. The van der Waals surface area contributed by atoms with Crippen molar-refractivity contribution in [2.24, 2.45) is 5.92 Å². The standard InChI is InChI=1S/C21H28N2O4/c24-19(16-7-2-1-3-8-16)23-12-5-4-10-18(23)20(25)22-11-6-9-17(15-22)21-26-13-14-27-21/h1-3,7-8,17-18,21H,4-6,9-15H2. The first-order valence-corrected chi connectivity index (χ1v) is 10.1. The molecule has 2 atom stereocenters. The van der Waals surface area contributed by atoms with Crippen LogP contribution < -0.4 is 0 Å². The lowest BCUT2D eigenvalue weighted by atomic mass is 9.94. The quantitative estimate of drug-likeness (QED) is 0.817. The topological polar surface area (TPSA) is 59.1 Å². The van der Waals surface area contributed by atoms with E-state index in [1.807, 2.05) is 35.2 Å². The Balaban J connectivity index is 1.46. The van der Waals surface area contributed by atoms with E-state index in [0.717, 1.165) is 38.6 Å². The van der Waals surface area contributed by atoms with E-state index in [9.17, 15) is 9.59 Å². The molecule has 0 aromatic heterocycles. The highest BCUT2D eigenvalue weighted by Crippen LogP contribution is 2.28. The minimum absolute atomic E-state index is 0.0373. The van der Waals surface area contributed by atoms with E-state index < -0.39 is 0 Å². The molecule has 3 heterocycles. The third-order valence-electron chi connectivity index (χ3n) is 5.87. The van der Waals surface area contributed by atoms with E-state index in [0.29, 0.717) is 31.9 Å². The average Bonchev–Trinajstić information content (AvgIpc) is 3.28. The van der Waals surface area contributed by atoms with Gasteiger partial charge in [0.2, 0.25) is 5.91 Å². The van der Waals surface area contributed by atoms with Gasteiger partial charge in [0.15, 0.2) is 6.29 Å². The second-order valence-electron chi connectivity index (χ2n) is 7.67. The number of carbonyl (C=O) groups excluding carboxylic acids is 2. The van der Waals surface area contributed by atoms with Crippen LogP contribution in [0.5, 0.6) is 0 Å². The van der Waals surface area contributed by atoms with Crippen molar-refractivity contribution in [2.75, 3.05) is 32.8 Å². The first kappa shape index (κ1) is 18.4. The van der Waals surface area contributed by atoms with Crippen LogP contribution in [0, 0.1) is 5.92 Å². The van der Waals surface area contributed by atoms with Crippen molar-refractivity contribution in [3.8, 4) is 0 Å². The van der Waals surface area contributed by atoms with Gasteiger partial charge in [0.25, 0.3) is 5.91 Å². The molecule has 0 radical (unpaired) electrons. The van der Waals surface area contributed by atoms with E-state index in [1.165, 1.54) is 0 Å². The summed E-state index contributed by atoms with van der Waals surface area (Å²) >= 11 is 0. The Kier molecular flexibility index (Phi) is 5.74. The molecule has 27 heavy (non-hydrogen) atoms. The van der Waals surface area contributed by atoms with Crippen molar-refractivity contribution in [1.29, 1.82) is 0 Å². The summed E-state index contributed by atoms with van der Waals surface area (Å²) in [6.07, 6.45) is 4.48. The molecule has 146 valence electrons. The van der Waals surface area contributed by atoms with Crippen LogP contribution in [0.4, 0.5) is 0 Å². The van der Waals surface area contributed by atoms with Crippen LogP contribution in [-0.4, -0.2) is 66.8 Å². The number of likely N-dealkylation sites (tertiary alicyclic amines) is 2. The Labute approximate surface area is 160 Å². The Bertz CT molecular complexity index is 659. The number of nitrogens with zero attached hydrogens (tertiary/aromatic N) is 2. The Morgan fingerprint density at radius 3 is 2.48 bits per heavy atom. The predicted molar refractivity (Wildman–Crippen MR) is 100 cm³/mol. The molecule has 0 N–H and O–H groups in total. The lowest BCUT2D eigenvalue weighted by Crippen LogP contribution is -2.55. The summed E-state index contributed by atoms with van der Waals surface area (Å²) in [5.74, 6) is 0.276. The van der Waals surface area contributed by atoms with Gasteiger partial charge in [0.05, 0.1) is 13.2 Å². The molecule has 1 aromatic carbocycles. The second-order valence-corrected chi connectivity index (χ2v) is 7.67. The maximum absolute atomic E-state index is 13.3. The van der Waals surface area contributed by atoms with E-state index in [4.69, 9.17) is 9.47 Å². The first-order valence-electron chi connectivity index (χ1n) is 10.1. The van der Waals surface area contributed by atoms with Crippen molar-refractivity contribution >= 4 is 11.8 Å². The van der Waals surface area contributed by atoms with Crippen LogP contribution >= 0.6 is 0 Å². The van der Waals surface area contributed by atoms with Gasteiger partial charge in [-0.2, -0.15) is 0 Å². The molecule has 2 amide bonds. The first-order chi connectivity index (χ1) is 13.2. The SMILES string of the molecule is O=C(C1CCCCN1C(=O)c1ccccc1)N1CCCC(C2OCCO2)C1. The molecule has 1 aromatic rings. The maximum atomic E-state index is 13.3. The zero-order valence-electron chi connectivity index (χ0n) is 15.7. The summed E-state index contributed by atoms with van der Waals surface area (Å²) < 4.78 is 11.3. The van der Waals surface area contributed by atoms with Crippen molar-refractivity contribution in [3.05, 3.63) is 35.9 Å². The van der Waals surface area contributed by atoms with E-state index in [1.54, 1.807) is 4.90 Å². The molecule has 6 heteroatoms. The normalized spacial score (nSPS) is 27.0. The Morgan fingerprint density at radius 1 is 0.926 bits per heavy atom. The molecule has 0 spiro atoms. The van der Waals surface area contributed by atoms with Crippen LogP contribution in [0.25, 0.3) is 0 Å². The number of carbonyl (C=O) groups is 2. The van der Waals surface area contributed by atoms with Gasteiger partial charge >= 0.3 is 0 Å². The number of hydrogen-bond donors (Lipinski definition) is 0. The van der Waals surface area contributed by atoms with Crippen LogP contribution in [0.3, 0.4) is 0 Å². The van der Waals surface area contributed by atoms with Gasteiger partial charge < -0.3 is 19.3 Å². The summed E-state index contributed by atoms with van der Waals surface area (Å²) in [4.78, 5) is 30.0. The minimum atomic E-state index is -0.351. The minimum Gasteiger partial charge on any atom is -0.350 e. The summed E-state index contributed by atoms with van der Waals surface area (Å²) in [6.45, 7) is 3.34. The molecule has 3 saturated heterocycles. The summed E-state index contributed by atoms with van der Waals surface area (Å²) in [6, 6.07) is 8.93. The van der Waals surface area contributed by atoms with Crippen LogP contribution in [-0.2, 0) is 14.3 Å². The fourth-order valence-electron chi connectivity index (χ4n) is 4.47. The fraction of sp³-hybridized carbons (Fsp3) is 0.619. The van der Waals surface area contributed by atoms with Crippen molar-refractivity contribution in [2.45, 2.75) is 44.4 Å². The fourth-order valence-corrected chi connectivity index (χ4v) is 4.47. The van der Waals surface area contributed by atoms with Crippen molar-refractivity contribution in [1.82, 2.24) is 9.80 Å². The van der Waals surface area contributed by atoms with Crippen LogP contribution in [0.1, 0.15) is 42.5 Å². The highest BCUT2D eigenvalue weighted by molar-refractivity contribution is 5.97. The monoisotopic (exact) mass is 372 g/mol. The molecular weight excluding hydrogens is 344 g/mol. The number of rotatable bonds is 3. The van der Waals surface area contributed by atoms with Crippen LogP contribution in [0.2, 0.25) is 0 Å². The summed E-state index contributed by atoms with van der Waals surface area (Å²) in [5.41, 5.74) is 0.654. The number of ether oxygens (including phenoxy) is 2. The molecular formula is C21H28N2O4. The van der Waals surface area contributed by atoms with E-state index in [-0.39, 0.29) is 30.1 Å². The number of amides is 2. The maximum Gasteiger partial charge on any atom is 0.254 e. The largest absolute Gasteiger partial charge is 0.350 e. The van der Waals surface area contributed by atoms with Gasteiger partial charge in [-0.15, -0.1) is 0 Å². The van der Waals surface area contributed by atoms with Crippen molar-refractivity contribution in [3.63, 3.8) is 0 Å². The number of benzene rings is 1. The molecule has 0 bridgehead atoms. The highest BCUT2D eigenvalue weighted by Gasteiger charge is 2.38. The van der Waals surface area contributed by atoms with Crippen molar-refractivity contribution < 1.29 is 19.1 Å². The third-order valence-corrected chi connectivity index (χ3v) is 5.87. The zero-order valence-corrected chi connectivity index (χ0v) is 15.7. The number of piperidine rings is 2. The van der Waals surface area contributed by atoms with Gasteiger partial charge in [0, 0.05) is 31.1 Å². The van der Waals surface area contributed by atoms with Gasteiger partial charge in [0.1, 0.15) is 6.04 Å². The number of hydrogen-bond acceptors (Lipinski definition) is 4. The van der Waals surface area contributed by atoms with E-state index >= 15 is 0 Å². The van der Waals surface area contributed by atoms with Gasteiger partial charge in [-0.3, -0.25) is 9.59 Å². The summed E-state index contributed by atoms with van der Waals surface area (Å²) in [5, 5.41) is 0. The smallest absolute Gasteiger partial charge is 0.254 e. The van der Waals surface area contributed by atoms with Crippen LogP contribution in [0.15, 0.2) is 30.3 Å². The van der Waals surface area contributed by atoms with E-state index in [2.05, 4.69) is 0 Å². The molecule has 2 unspecified atom stereocenters. The Hall–Kier alpha value is -1.92. The molecule has 3 aliphatic rings. The van der Waals surface area contributed by atoms with Gasteiger partial charge in [-0.05, 0) is 44.2 Å². The van der Waals surface area contributed by atoms with Gasteiger partial charge in [-0.1, -0.05) is 18.2 Å². The van der Waals surface area contributed by atoms with Gasteiger partial charge in [-0.25, -0.2) is 0 Å². The molecule has 3 aliphatic heterocycles. The average molecular weight is 372 g/mol. The molecule has 6 nitrogen and oxygen atoms in total. The molecule has 0 aliphatic carbocycles. The molecule has 3 fully saturated rings. The zero-order chi connectivity index (χ0) is 18.6. The highest BCUT2D eigenvalue weighted by atomic mass is 16.7.